The first-order valence-electron chi connectivity index (χ1n) is 10.3. The zero-order valence-electron chi connectivity index (χ0n) is 22.1. The van der Waals surface area contributed by atoms with E-state index in [0.717, 1.165) is 37.3 Å². The Morgan fingerprint density at radius 2 is 1.24 bits per heavy atom. The van der Waals surface area contributed by atoms with E-state index in [1.54, 1.807) is 0 Å². The van der Waals surface area contributed by atoms with E-state index in [-0.39, 0.29) is 98.3 Å². The van der Waals surface area contributed by atoms with Gasteiger partial charge in [-0.25, -0.2) is 16.8 Å². The molecule has 210 valence electrons. The molecule has 0 heterocycles. The number of anilines is 2. The normalized spacial score (nSPS) is 14.7. The van der Waals surface area contributed by atoms with Crippen LogP contribution in [0.3, 0.4) is 0 Å². The molecule has 0 aliphatic heterocycles. The third kappa shape index (κ3) is 10.1. The summed E-state index contributed by atoms with van der Waals surface area (Å²) in [5, 5.41) is 15.3. The van der Waals surface area contributed by atoms with Gasteiger partial charge in [-0.15, -0.1) is 0 Å². The van der Waals surface area contributed by atoms with Crippen LogP contribution in [0.2, 0.25) is 0 Å². The Morgan fingerprint density at radius 3 is 1.63 bits per heavy atom. The maximum atomic E-state index is 11.8. The van der Waals surface area contributed by atoms with Crippen LogP contribution < -0.4 is 70.6 Å². The van der Waals surface area contributed by atoms with Gasteiger partial charge in [0.05, 0.1) is 21.2 Å². The maximum absolute atomic E-state index is 11.8. The van der Waals surface area contributed by atoms with Gasteiger partial charge in [-0.3, -0.25) is 14.8 Å². The molecule has 0 saturated carbocycles. The Bertz CT molecular complexity index is 1730. The molecule has 0 saturated heterocycles. The molecule has 1 aliphatic carbocycles. The topological polar surface area (TPSA) is 282 Å². The molecule has 2 aromatic carbocycles. The van der Waals surface area contributed by atoms with E-state index >= 15 is 0 Å². The summed E-state index contributed by atoms with van der Waals surface area (Å²) in [5.41, 5.74) is 9.90. The van der Waals surface area contributed by atoms with Crippen LogP contribution in [0.5, 0.6) is 0 Å². The van der Waals surface area contributed by atoms with Crippen molar-refractivity contribution in [3.05, 3.63) is 75.7 Å². The van der Waals surface area contributed by atoms with E-state index in [2.05, 4.69) is 0 Å². The Labute approximate surface area is 280 Å². The van der Waals surface area contributed by atoms with E-state index in [1.165, 1.54) is 25.1 Å². The average Bonchev–Trinajstić information content (AvgIpc) is 2.75. The minimum atomic E-state index is -5.13. The first-order chi connectivity index (χ1) is 17.6. The van der Waals surface area contributed by atoms with Gasteiger partial charge in [0.1, 0.15) is 25.1 Å². The molecule has 3 rings (SSSR count). The first-order valence-corrected chi connectivity index (χ1v) is 14.5. The summed E-state index contributed by atoms with van der Waals surface area (Å²) in [7, 11) is -15.0. The Hall–Kier alpha value is -1.87. The van der Waals surface area contributed by atoms with Gasteiger partial charge in [-0.2, -0.15) is 8.42 Å². The number of allylic oxidation sites excluding steroid dienone is 5. The quantitative estimate of drug-likeness (QED) is 0.116. The molecule has 0 fully saturated rings. The predicted molar refractivity (Wildman–Crippen MR) is 138 cm³/mol. The molecule has 0 bridgehead atoms. The standard InChI is InChI=1S/C20H19N3O9S3.C2H4O2.2Na/c1-10-6-13(9-18(20(10)23)35(30,31)32)19(11-2-4-14(21)16(7-11)33(24,25)26)12-3-5-15(22)17(8-12)34(27,28)29;1-2(3)4;;/h2-9,23H,21-22H2,1H3,(H,24,25,26)(H,27,28,29)(H,30,31,32);1H3,(H,3,4);;/q;;2*+1/p-2. The molecule has 14 nitrogen and oxygen atoms in total. The largest absolute Gasteiger partial charge is 1.00 e. The van der Waals surface area contributed by atoms with E-state index in [9.17, 15) is 38.9 Å². The summed E-state index contributed by atoms with van der Waals surface area (Å²) in [6, 6.07) is 6.62. The van der Waals surface area contributed by atoms with Crippen molar-refractivity contribution in [2.45, 2.75) is 23.6 Å². The van der Waals surface area contributed by atoms with Gasteiger partial charge in [0.15, 0.2) is 0 Å². The molecule has 1 aliphatic rings. The van der Waals surface area contributed by atoms with Crippen molar-refractivity contribution in [3.8, 4) is 0 Å². The van der Waals surface area contributed by atoms with Crippen molar-refractivity contribution in [2.75, 3.05) is 11.5 Å². The van der Waals surface area contributed by atoms with Crippen molar-refractivity contribution >= 4 is 59.0 Å². The van der Waals surface area contributed by atoms with Crippen LogP contribution in [-0.2, 0) is 35.1 Å². The van der Waals surface area contributed by atoms with Crippen molar-refractivity contribution in [2.24, 2.45) is 0 Å². The summed E-state index contributed by atoms with van der Waals surface area (Å²) < 4.78 is 104. The van der Waals surface area contributed by atoms with Crippen LogP contribution in [-0.4, -0.2) is 55.7 Å². The fourth-order valence-corrected chi connectivity index (χ4v) is 5.37. The number of benzene rings is 2. The third-order valence-electron chi connectivity index (χ3n) is 5.01. The molecular formula is C22H21N3Na2O11S3. The van der Waals surface area contributed by atoms with Crippen LogP contribution in [0.15, 0.2) is 74.4 Å². The smallest absolute Gasteiger partial charge is 0.744 e. The molecule has 0 spiro atoms. The zero-order chi connectivity index (χ0) is 30.1. The van der Waals surface area contributed by atoms with Gasteiger partial charge in [0.25, 0.3) is 16.1 Å². The molecule has 19 heteroatoms. The van der Waals surface area contributed by atoms with Crippen LogP contribution >= 0.6 is 0 Å². The van der Waals surface area contributed by atoms with Gasteiger partial charge in [0.2, 0.25) is 0 Å². The second kappa shape index (κ2) is 14.5. The molecular weight excluding hydrogens is 624 g/mol. The number of carbonyl (C=O) groups is 1. The number of hydrogen-bond acceptors (Lipinski definition) is 12. The van der Waals surface area contributed by atoms with Crippen molar-refractivity contribution in [1.82, 2.24) is 0 Å². The number of rotatable bonds is 5. The van der Waals surface area contributed by atoms with Gasteiger partial charge < -0.3 is 25.7 Å². The van der Waals surface area contributed by atoms with Crippen molar-refractivity contribution in [3.63, 3.8) is 0 Å². The zero-order valence-corrected chi connectivity index (χ0v) is 28.5. The SMILES string of the molecule is CC(=O)O.CC1=CC(=C(c2ccc(N)c(S(=O)(=O)[O-])c2)c2ccc(N)c(S(=O)(=O)O)c2)C=C(S(=O)(=O)[O-])C1=N.[Na+].[Na+]. The fraction of sp³-hybridized carbons (Fsp3) is 0.0909. The van der Waals surface area contributed by atoms with Gasteiger partial charge >= 0.3 is 59.1 Å². The van der Waals surface area contributed by atoms with Crippen LogP contribution in [0, 0.1) is 5.41 Å². The number of aliphatic carboxylic acids is 1. The van der Waals surface area contributed by atoms with E-state index < -0.39 is 56.7 Å². The van der Waals surface area contributed by atoms with Gasteiger partial charge in [-0.1, -0.05) is 12.1 Å². The van der Waals surface area contributed by atoms with Gasteiger partial charge in [-0.05, 0) is 71.2 Å². The van der Waals surface area contributed by atoms with E-state index in [1.807, 2.05) is 0 Å². The minimum Gasteiger partial charge on any atom is -0.744 e. The summed E-state index contributed by atoms with van der Waals surface area (Å²) in [4.78, 5) is 6.61. The van der Waals surface area contributed by atoms with E-state index in [0.29, 0.717) is 0 Å². The van der Waals surface area contributed by atoms with Crippen LogP contribution in [0.1, 0.15) is 25.0 Å². The molecule has 2 aromatic rings. The van der Waals surface area contributed by atoms with Crippen molar-refractivity contribution in [1.29, 1.82) is 5.41 Å². The Balaban J connectivity index is 0.00000250. The second-order valence-electron chi connectivity index (χ2n) is 7.95. The number of hydrogen-bond donors (Lipinski definition) is 5. The number of nitrogen functional groups attached to an aromatic ring is 2. The summed E-state index contributed by atoms with van der Waals surface area (Å²) in [6.07, 6.45) is 2.16. The van der Waals surface area contributed by atoms with Crippen molar-refractivity contribution < 1.29 is 108 Å². The maximum Gasteiger partial charge on any atom is 1.00 e. The second-order valence-corrected chi connectivity index (χ2v) is 12.0. The van der Waals surface area contributed by atoms with Crippen LogP contribution in [0.25, 0.3) is 5.57 Å². The summed E-state index contributed by atoms with van der Waals surface area (Å²) in [6.45, 7) is 2.43. The molecule has 41 heavy (non-hydrogen) atoms. The number of carboxylic acids is 1. The number of nitrogens with one attached hydrogen (secondary N) is 1. The summed E-state index contributed by atoms with van der Waals surface area (Å²) in [5.74, 6) is -0.833. The van der Waals surface area contributed by atoms with Gasteiger partial charge in [0, 0.05) is 12.6 Å². The molecule has 7 N–H and O–H groups in total. The first kappa shape index (κ1) is 39.1. The Morgan fingerprint density at radius 1 is 0.829 bits per heavy atom. The monoisotopic (exact) mass is 645 g/mol. The number of nitrogens with two attached hydrogens (primary N) is 2. The molecule has 0 atom stereocenters. The molecule has 0 amide bonds. The molecule has 0 unspecified atom stereocenters. The minimum absolute atomic E-state index is 0. The molecule has 0 aromatic heterocycles. The Kier molecular flexibility index (Phi) is 13.9. The van der Waals surface area contributed by atoms with E-state index in [4.69, 9.17) is 26.8 Å². The van der Waals surface area contributed by atoms with Crippen LogP contribution in [0.4, 0.5) is 11.4 Å². The predicted octanol–water partition coefficient (Wildman–Crippen LogP) is -4.69. The number of carboxylic acid groups (broad SMARTS) is 1. The summed E-state index contributed by atoms with van der Waals surface area (Å²) >= 11 is 0. The molecule has 0 radical (unpaired) electrons. The average molecular weight is 646 g/mol. The third-order valence-corrected chi connectivity index (χ3v) is 7.67. The fourth-order valence-electron chi connectivity index (χ4n) is 3.42.